The molecule has 1 aromatic carbocycles. The fraction of sp³-hybridized carbons (Fsp3) is 0.400. The topological polar surface area (TPSA) is 97.6 Å². The second kappa shape index (κ2) is 7.46. The van der Waals surface area contributed by atoms with Gasteiger partial charge in [0.2, 0.25) is 5.89 Å². The summed E-state index contributed by atoms with van der Waals surface area (Å²) in [4.78, 5) is 31.1. The van der Waals surface area contributed by atoms with Gasteiger partial charge in [-0.15, -0.1) is 0 Å². The van der Waals surface area contributed by atoms with E-state index in [4.69, 9.17) is 9.26 Å². The van der Waals surface area contributed by atoms with Gasteiger partial charge in [-0.05, 0) is 18.4 Å². The zero-order valence-corrected chi connectivity index (χ0v) is 15.8. The molecule has 1 aromatic heterocycles. The van der Waals surface area contributed by atoms with Gasteiger partial charge in [0.25, 0.3) is 0 Å². The zero-order chi connectivity index (χ0) is 19.7. The van der Waals surface area contributed by atoms with Crippen molar-refractivity contribution in [2.24, 2.45) is 0 Å². The standard InChI is InChI=1S/C20H22N4O4/c1-3-12(4-2)18-21-15(23-28-18)10-24-14-11-27-19(25)16(14)17(22-20(24)26)13-8-6-5-7-9-13/h5-9,12,17H,3-4,10-11H2,1-2H3,(H,22,26)/t17-/m0/s1. The van der Waals surface area contributed by atoms with E-state index in [1.807, 2.05) is 30.3 Å². The highest BCUT2D eigenvalue weighted by Crippen LogP contribution is 2.35. The number of esters is 1. The first-order valence-corrected chi connectivity index (χ1v) is 9.48. The van der Waals surface area contributed by atoms with Gasteiger partial charge in [-0.3, -0.25) is 4.90 Å². The molecule has 0 radical (unpaired) electrons. The Bertz CT molecular complexity index is 917. The predicted molar refractivity (Wildman–Crippen MR) is 98.9 cm³/mol. The normalized spacial score (nSPS) is 19.1. The van der Waals surface area contributed by atoms with E-state index in [-0.39, 0.29) is 25.1 Å². The van der Waals surface area contributed by atoms with Crippen molar-refractivity contribution < 1.29 is 18.8 Å². The lowest BCUT2D eigenvalue weighted by Crippen LogP contribution is -2.47. The van der Waals surface area contributed by atoms with Crippen LogP contribution >= 0.6 is 0 Å². The summed E-state index contributed by atoms with van der Waals surface area (Å²) < 4.78 is 10.6. The molecule has 0 saturated carbocycles. The van der Waals surface area contributed by atoms with Crippen molar-refractivity contribution >= 4 is 12.0 Å². The summed E-state index contributed by atoms with van der Waals surface area (Å²) in [6, 6.07) is 8.52. The van der Waals surface area contributed by atoms with Crippen molar-refractivity contribution in [3.63, 3.8) is 0 Å². The van der Waals surface area contributed by atoms with Gasteiger partial charge >= 0.3 is 12.0 Å². The molecule has 28 heavy (non-hydrogen) atoms. The highest BCUT2D eigenvalue weighted by atomic mass is 16.5. The monoisotopic (exact) mass is 382 g/mol. The van der Waals surface area contributed by atoms with Crippen LogP contribution in [0.2, 0.25) is 0 Å². The SMILES string of the molecule is CCC(CC)c1nc(CN2C(=O)N[C@@H](c3ccccc3)C3=C2COC3=O)no1. The van der Waals surface area contributed by atoms with Gasteiger partial charge in [0, 0.05) is 5.92 Å². The maximum atomic E-state index is 12.8. The number of nitrogens with one attached hydrogen (secondary N) is 1. The van der Waals surface area contributed by atoms with Crippen molar-refractivity contribution in [2.75, 3.05) is 6.61 Å². The van der Waals surface area contributed by atoms with E-state index in [2.05, 4.69) is 29.3 Å². The Morgan fingerprint density at radius 1 is 1.21 bits per heavy atom. The molecule has 2 aliphatic rings. The summed E-state index contributed by atoms with van der Waals surface area (Å²) in [6.45, 7) is 4.31. The van der Waals surface area contributed by atoms with Crippen LogP contribution < -0.4 is 5.32 Å². The van der Waals surface area contributed by atoms with E-state index in [0.29, 0.717) is 23.0 Å². The Kier molecular flexibility index (Phi) is 4.85. The molecule has 2 amide bonds. The molecule has 0 saturated heterocycles. The van der Waals surface area contributed by atoms with Crippen LogP contribution in [-0.4, -0.2) is 33.6 Å². The summed E-state index contributed by atoms with van der Waals surface area (Å²) in [5.41, 5.74) is 1.84. The summed E-state index contributed by atoms with van der Waals surface area (Å²) in [6.07, 6.45) is 1.80. The number of cyclic esters (lactones) is 1. The third kappa shape index (κ3) is 3.15. The van der Waals surface area contributed by atoms with Crippen LogP contribution in [0.15, 0.2) is 46.1 Å². The first-order valence-electron chi connectivity index (χ1n) is 9.48. The Balaban J connectivity index is 1.64. The summed E-state index contributed by atoms with van der Waals surface area (Å²) in [5.74, 6) is 0.763. The number of hydrogen-bond acceptors (Lipinski definition) is 6. The Morgan fingerprint density at radius 2 is 1.96 bits per heavy atom. The molecule has 8 heteroatoms. The molecule has 2 aromatic rings. The van der Waals surface area contributed by atoms with E-state index >= 15 is 0 Å². The number of aromatic nitrogens is 2. The molecule has 4 rings (SSSR count). The van der Waals surface area contributed by atoms with Gasteiger partial charge in [-0.1, -0.05) is 49.3 Å². The maximum Gasteiger partial charge on any atom is 0.338 e. The van der Waals surface area contributed by atoms with Crippen molar-refractivity contribution in [3.05, 3.63) is 58.9 Å². The largest absolute Gasteiger partial charge is 0.456 e. The van der Waals surface area contributed by atoms with Crippen LogP contribution in [0, 0.1) is 0 Å². The van der Waals surface area contributed by atoms with Crippen LogP contribution in [0.25, 0.3) is 0 Å². The summed E-state index contributed by atoms with van der Waals surface area (Å²) in [5, 5.41) is 6.91. The Labute approximate surface area is 162 Å². The molecule has 0 aliphatic carbocycles. The molecule has 0 fully saturated rings. The molecule has 1 N–H and O–H groups in total. The van der Waals surface area contributed by atoms with Crippen LogP contribution in [0.3, 0.4) is 0 Å². The van der Waals surface area contributed by atoms with Gasteiger partial charge in [0.05, 0.1) is 23.9 Å². The molecule has 146 valence electrons. The fourth-order valence-corrected chi connectivity index (χ4v) is 3.65. The molecule has 2 aliphatic heterocycles. The van der Waals surface area contributed by atoms with Gasteiger partial charge in [0.15, 0.2) is 5.82 Å². The number of ether oxygens (including phenoxy) is 1. The molecular formula is C20H22N4O4. The minimum Gasteiger partial charge on any atom is -0.456 e. The third-order valence-electron chi connectivity index (χ3n) is 5.25. The number of benzene rings is 1. The van der Waals surface area contributed by atoms with Crippen molar-refractivity contribution in [1.82, 2.24) is 20.4 Å². The lowest BCUT2D eigenvalue weighted by molar-refractivity contribution is -0.136. The number of nitrogens with zero attached hydrogens (tertiary/aromatic N) is 3. The van der Waals surface area contributed by atoms with Crippen LogP contribution in [0.4, 0.5) is 4.79 Å². The molecule has 0 unspecified atom stereocenters. The number of rotatable bonds is 6. The minimum atomic E-state index is -0.527. The van der Waals surface area contributed by atoms with Gasteiger partial charge in [0.1, 0.15) is 6.61 Å². The van der Waals surface area contributed by atoms with E-state index in [1.165, 1.54) is 4.90 Å². The van der Waals surface area contributed by atoms with Crippen LogP contribution in [0.5, 0.6) is 0 Å². The Hall–Kier alpha value is -3.16. The second-order valence-electron chi connectivity index (χ2n) is 6.88. The smallest absolute Gasteiger partial charge is 0.338 e. The second-order valence-corrected chi connectivity index (χ2v) is 6.88. The first kappa shape index (κ1) is 18.2. The van der Waals surface area contributed by atoms with Crippen LogP contribution in [-0.2, 0) is 16.1 Å². The Morgan fingerprint density at radius 3 is 2.68 bits per heavy atom. The van der Waals surface area contributed by atoms with E-state index in [0.717, 1.165) is 18.4 Å². The van der Waals surface area contributed by atoms with Crippen LogP contribution in [0.1, 0.15) is 55.9 Å². The minimum absolute atomic E-state index is 0.0577. The molecule has 0 spiro atoms. The first-order chi connectivity index (χ1) is 13.6. The van der Waals surface area contributed by atoms with Crippen molar-refractivity contribution in [3.8, 4) is 0 Å². The van der Waals surface area contributed by atoms with Gasteiger partial charge < -0.3 is 14.6 Å². The van der Waals surface area contributed by atoms with Gasteiger partial charge in [-0.25, -0.2) is 9.59 Å². The molecule has 8 nitrogen and oxygen atoms in total. The highest BCUT2D eigenvalue weighted by Gasteiger charge is 2.42. The average Bonchev–Trinajstić information content (AvgIpc) is 3.33. The third-order valence-corrected chi connectivity index (χ3v) is 5.25. The summed E-state index contributed by atoms with van der Waals surface area (Å²) >= 11 is 0. The van der Waals surface area contributed by atoms with E-state index in [1.54, 1.807) is 0 Å². The number of carbonyl (C=O) groups excluding carboxylic acids is 2. The zero-order valence-electron chi connectivity index (χ0n) is 15.8. The predicted octanol–water partition coefficient (Wildman–Crippen LogP) is 3.05. The fourth-order valence-electron chi connectivity index (χ4n) is 3.65. The lowest BCUT2D eigenvalue weighted by Gasteiger charge is -2.32. The number of urea groups is 1. The van der Waals surface area contributed by atoms with Gasteiger partial charge in [-0.2, -0.15) is 4.98 Å². The maximum absolute atomic E-state index is 12.8. The van der Waals surface area contributed by atoms with E-state index in [9.17, 15) is 9.59 Å². The van der Waals surface area contributed by atoms with E-state index < -0.39 is 12.0 Å². The number of hydrogen-bond donors (Lipinski definition) is 1. The van der Waals surface area contributed by atoms with Crippen molar-refractivity contribution in [2.45, 2.75) is 45.2 Å². The quantitative estimate of drug-likeness (QED) is 0.771. The van der Waals surface area contributed by atoms with Crippen molar-refractivity contribution in [1.29, 1.82) is 0 Å². The number of carbonyl (C=O) groups is 2. The summed E-state index contributed by atoms with van der Waals surface area (Å²) in [7, 11) is 0. The average molecular weight is 382 g/mol. The molecular weight excluding hydrogens is 360 g/mol. The highest BCUT2D eigenvalue weighted by molar-refractivity contribution is 5.97. The molecule has 3 heterocycles. The number of amides is 2. The molecule has 1 atom stereocenters. The molecule has 0 bridgehead atoms. The lowest BCUT2D eigenvalue weighted by atomic mass is 9.96.